The van der Waals surface area contributed by atoms with Crippen molar-refractivity contribution in [1.29, 1.82) is 0 Å². The minimum atomic E-state index is -3.78. The Hall–Kier alpha value is -1.26. The van der Waals surface area contributed by atoms with E-state index in [1.165, 1.54) is 22.8 Å². The Morgan fingerprint density at radius 3 is 2.52 bits per heavy atom. The Balaban J connectivity index is 1.65. The monoisotopic (exact) mass is 492 g/mol. The third-order valence-electron chi connectivity index (χ3n) is 4.19. The number of pyridine rings is 2. The minimum Gasteiger partial charge on any atom is -0.310 e. The van der Waals surface area contributed by atoms with Gasteiger partial charge in [-0.3, -0.25) is 4.79 Å². The highest BCUT2D eigenvalue weighted by molar-refractivity contribution is 9.10. The number of nitrogens with one attached hydrogen (secondary N) is 1. The van der Waals surface area contributed by atoms with Crippen LogP contribution in [0.3, 0.4) is 0 Å². The summed E-state index contributed by atoms with van der Waals surface area (Å²) in [5.74, 6) is -0.0829. The van der Waals surface area contributed by atoms with Crippen molar-refractivity contribution >= 4 is 60.9 Å². The molecule has 2 aromatic rings. The molecule has 3 rings (SSSR count). The van der Waals surface area contributed by atoms with E-state index < -0.39 is 10.0 Å². The van der Waals surface area contributed by atoms with Crippen molar-refractivity contribution in [3.63, 3.8) is 0 Å². The fourth-order valence-corrected chi connectivity index (χ4v) is 5.26. The number of carbonyl (C=O) groups excluding carboxylic acids is 1. The second-order valence-electron chi connectivity index (χ2n) is 5.97. The molecule has 144 valence electrons. The van der Waals surface area contributed by atoms with Crippen molar-refractivity contribution in [1.82, 2.24) is 14.3 Å². The fourth-order valence-electron chi connectivity index (χ4n) is 2.76. The molecule has 0 spiro atoms. The Morgan fingerprint density at radius 1 is 1.19 bits per heavy atom. The second kappa shape index (κ2) is 8.40. The van der Waals surface area contributed by atoms with Gasteiger partial charge in [-0.25, -0.2) is 18.4 Å². The highest BCUT2D eigenvalue weighted by Gasteiger charge is 2.33. The van der Waals surface area contributed by atoms with Crippen molar-refractivity contribution in [2.45, 2.75) is 17.7 Å². The van der Waals surface area contributed by atoms with E-state index in [9.17, 15) is 13.2 Å². The summed E-state index contributed by atoms with van der Waals surface area (Å²) in [6, 6.07) is 4.67. The van der Waals surface area contributed by atoms with E-state index in [2.05, 4.69) is 31.2 Å². The number of rotatable bonds is 4. The predicted octanol–water partition coefficient (Wildman–Crippen LogP) is 3.59. The Kier molecular flexibility index (Phi) is 6.37. The van der Waals surface area contributed by atoms with E-state index in [4.69, 9.17) is 23.2 Å². The van der Waals surface area contributed by atoms with Gasteiger partial charge in [-0.1, -0.05) is 23.2 Å². The number of anilines is 1. The summed E-state index contributed by atoms with van der Waals surface area (Å²) in [7, 11) is -3.78. The molecule has 0 aromatic carbocycles. The van der Waals surface area contributed by atoms with Crippen LogP contribution in [0.5, 0.6) is 0 Å². The van der Waals surface area contributed by atoms with E-state index in [0.717, 1.165) is 0 Å². The molecule has 0 atom stereocenters. The number of halogens is 3. The van der Waals surface area contributed by atoms with Crippen LogP contribution in [0.2, 0.25) is 10.2 Å². The number of hydrogen-bond acceptors (Lipinski definition) is 5. The summed E-state index contributed by atoms with van der Waals surface area (Å²) >= 11 is 14.9. The molecular formula is C16H15BrCl2N4O3S. The summed E-state index contributed by atoms with van der Waals surface area (Å²) < 4.78 is 27.5. The van der Waals surface area contributed by atoms with Gasteiger partial charge in [0.15, 0.2) is 0 Å². The molecule has 11 heteroatoms. The number of aromatic nitrogens is 2. The molecule has 0 aliphatic carbocycles. The maximum atomic E-state index is 12.8. The number of piperidine rings is 1. The van der Waals surface area contributed by atoms with Gasteiger partial charge < -0.3 is 5.32 Å². The van der Waals surface area contributed by atoms with Crippen LogP contribution >= 0.6 is 39.1 Å². The minimum absolute atomic E-state index is 0.0493. The van der Waals surface area contributed by atoms with E-state index in [-0.39, 0.29) is 35.0 Å². The first-order valence-corrected chi connectivity index (χ1v) is 11.0. The van der Waals surface area contributed by atoms with Crippen LogP contribution in [-0.2, 0) is 14.8 Å². The third-order valence-corrected chi connectivity index (χ3v) is 7.18. The van der Waals surface area contributed by atoms with Crippen molar-refractivity contribution in [2.24, 2.45) is 5.92 Å². The highest BCUT2D eigenvalue weighted by atomic mass is 79.9. The molecule has 1 fully saturated rings. The molecule has 1 amide bonds. The Labute approximate surface area is 175 Å². The van der Waals surface area contributed by atoms with Crippen LogP contribution in [0, 0.1) is 5.92 Å². The van der Waals surface area contributed by atoms with Gasteiger partial charge in [0.2, 0.25) is 15.9 Å². The van der Waals surface area contributed by atoms with Gasteiger partial charge in [0.25, 0.3) is 0 Å². The van der Waals surface area contributed by atoms with Crippen LogP contribution in [0.15, 0.2) is 40.0 Å². The molecule has 0 radical (unpaired) electrons. The molecule has 0 saturated carbocycles. The maximum Gasteiger partial charge on any atom is 0.246 e. The molecule has 1 aliphatic rings. The summed E-state index contributed by atoms with van der Waals surface area (Å²) in [6.45, 7) is 0.439. The number of carbonyl (C=O) groups is 1. The Bertz CT molecular complexity index is 949. The number of hydrogen-bond donors (Lipinski definition) is 1. The van der Waals surface area contributed by atoms with Gasteiger partial charge in [-0.05, 0) is 47.0 Å². The van der Waals surface area contributed by atoms with Gasteiger partial charge in [0.05, 0.1) is 5.02 Å². The third kappa shape index (κ3) is 4.78. The lowest BCUT2D eigenvalue weighted by atomic mass is 9.97. The predicted molar refractivity (Wildman–Crippen MR) is 106 cm³/mol. The highest BCUT2D eigenvalue weighted by Crippen LogP contribution is 2.29. The lowest BCUT2D eigenvalue weighted by Gasteiger charge is -2.30. The molecule has 0 unspecified atom stereocenters. The first kappa shape index (κ1) is 20.5. The summed E-state index contributed by atoms with van der Waals surface area (Å²) in [6.07, 6.45) is 3.68. The summed E-state index contributed by atoms with van der Waals surface area (Å²) in [5.41, 5.74) is 0. The van der Waals surface area contributed by atoms with Gasteiger partial charge in [0.1, 0.15) is 15.9 Å². The molecular weight excluding hydrogens is 479 g/mol. The average molecular weight is 494 g/mol. The molecule has 3 heterocycles. The molecule has 1 saturated heterocycles. The van der Waals surface area contributed by atoms with Gasteiger partial charge in [-0.2, -0.15) is 4.31 Å². The van der Waals surface area contributed by atoms with E-state index in [1.54, 1.807) is 12.1 Å². The standard InChI is InChI=1S/C16H15BrCl2N4O3S/c17-11-7-13(15(19)21-8-11)27(25,26)23-5-3-10(4-6-23)16(24)22-14-2-1-12(18)9-20-14/h1-2,7-10H,3-6H2,(H,20,22,24). The van der Waals surface area contributed by atoms with E-state index >= 15 is 0 Å². The van der Waals surface area contributed by atoms with Crippen molar-refractivity contribution in [3.8, 4) is 0 Å². The zero-order valence-electron chi connectivity index (χ0n) is 13.9. The van der Waals surface area contributed by atoms with Gasteiger partial charge in [-0.15, -0.1) is 0 Å². The number of amides is 1. The maximum absolute atomic E-state index is 12.8. The van der Waals surface area contributed by atoms with Gasteiger partial charge >= 0.3 is 0 Å². The van der Waals surface area contributed by atoms with Crippen molar-refractivity contribution in [3.05, 3.63) is 45.2 Å². The SMILES string of the molecule is O=C(Nc1ccc(Cl)cn1)C1CCN(S(=O)(=O)c2cc(Br)cnc2Cl)CC1. The van der Waals surface area contributed by atoms with Crippen molar-refractivity contribution < 1.29 is 13.2 Å². The molecule has 0 bridgehead atoms. The number of sulfonamides is 1. The molecule has 1 N–H and O–H groups in total. The number of nitrogens with zero attached hydrogens (tertiary/aromatic N) is 3. The second-order valence-corrected chi connectivity index (χ2v) is 9.59. The van der Waals surface area contributed by atoms with Crippen LogP contribution in [0.4, 0.5) is 5.82 Å². The molecule has 1 aliphatic heterocycles. The van der Waals surface area contributed by atoms with Crippen LogP contribution < -0.4 is 5.32 Å². The summed E-state index contributed by atoms with van der Waals surface area (Å²) in [4.78, 5) is 20.2. The Morgan fingerprint density at radius 2 is 1.89 bits per heavy atom. The zero-order valence-corrected chi connectivity index (χ0v) is 17.8. The normalized spacial score (nSPS) is 16.3. The molecule has 27 heavy (non-hydrogen) atoms. The van der Waals surface area contributed by atoms with E-state index in [1.807, 2.05) is 0 Å². The zero-order chi connectivity index (χ0) is 19.6. The smallest absolute Gasteiger partial charge is 0.246 e. The fraction of sp³-hybridized carbons (Fsp3) is 0.312. The lowest BCUT2D eigenvalue weighted by Crippen LogP contribution is -2.41. The quantitative estimate of drug-likeness (QED) is 0.657. The van der Waals surface area contributed by atoms with Crippen LogP contribution in [-0.4, -0.2) is 41.7 Å². The van der Waals surface area contributed by atoms with Crippen LogP contribution in [0.25, 0.3) is 0 Å². The van der Waals surface area contributed by atoms with Gasteiger partial charge in [0, 0.05) is 35.9 Å². The first-order chi connectivity index (χ1) is 12.8. The molecule has 2 aromatic heterocycles. The largest absolute Gasteiger partial charge is 0.310 e. The molecule has 7 nitrogen and oxygen atoms in total. The van der Waals surface area contributed by atoms with Crippen LogP contribution in [0.1, 0.15) is 12.8 Å². The van der Waals surface area contributed by atoms with Crippen molar-refractivity contribution in [2.75, 3.05) is 18.4 Å². The van der Waals surface area contributed by atoms with E-state index in [0.29, 0.717) is 28.2 Å². The lowest BCUT2D eigenvalue weighted by molar-refractivity contribution is -0.120. The average Bonchev–Trinajstić information content (AvgIpc) is 2.65. The first-order valence-electron chi connectivity index (χ1n) is 8.01. The summed E-state index contributed by atoms with van der Waals surface area (Å²) in [5, 5.41) is 3.13. The topological polar surface area (TPSA) is 92.3 Å².